The molecule has 1 N–H and O–H groups in total. The number of ether oxygens (including phenoxy) is 4. The number of nitrogens with zero attached hydrogens (tertiary/aromatic N) is 2. The Balaban J connectivity index is 0.946. The number of oxime groups is 1. The fourth-order valence-corrected chi connectivity index (χ4v) is 14.6. The Morgan fingerprint density at radius 2 is 1.53 bits per heavy atom. The lowest BCUT2D eigenvalue weighted by molar-refractivity contribution is -0.135. The van der Waals surface area contributed by atoms with Gasteiger partial charge in [-0.1, -0.05) is 134 Å². The zero-order chi connectivity index (χ0) is 51.0. The molecule has 2 amide bonds. The van der Waals surface area contributed by atoms with E-state index in [-0.39, 0.29) is 55.4 Å². The maximum absolute atomic E-state index is 14.4. The quantitative estimate of drug-likeness (QED) is 0.0351. The molecular weight excluding hydrogens is 918 g/mol. The summed E-state index contributed by atoms with van der Waals surface area (Å²) in [6, 6.07) is 25.8. The molecule has 4 fully saturated rings. The number of hydrogen-bond acceptors (Lipinski definition) is 8. The van der Waals surface area contributed by atoms with Crippen LogP contribution in [0.3, 0.4) is 0 Å². The van der Waals surface area contributed by atoms with Crippen LogP contribution in [0.2, 0.25) is 0 Å². The van der Waals surface area contributed by atoms with Crippen molar-refractivity contribution in [1.29, 1.82) is 0 Å². The number of likely N-dealkylation sites (tertiary alicyclic amines) is 1. The van der Waals surface area contributed by atoms with Crippen molar-refractivity contribution in [2.45, 2.75) is 149 Å². The first-order chi connectivity index (χ1) is 34.7. The summed E-state index contributed by atoms with van der Waals surface area (Å²) in [5.74, 6) is 6.21. The van der Waals surface area contributed by atoms with Crippen molar-refractivity contribution < 1.29 is 33.4 Å². The van der Waals surface area contributed by atoms with Crippen LogP contribution in [0.4, 0.5) is 0 Å². The number of carbonyl (C=O) groups is 2. The van der Waals surface area contributed by atoms with Crippen LogP contribution in [-0.4, -0.2) is 81.1 Å². The van der Waals surface area contributed by atoms with Crippen molar-refractivity contribution in [1.82, 2.24) is 10.2 Å². The lowest BCUT2D eigenvalue weighted by atomic mass is 9.47. The Labute approximate surface area is 433 Å². The largest absolute Gasteiger partial charge is 0.497 e. The van der Waals surface area contributed by atoms with Gasteiger partial charge in [-0.25, -0.2) is 0 Å². The van der Waals surface area contributed by atoms with Crippen LogP contribution in [0.25, 0.3) is 0 Å². The van der Waals surface area contributed by atoms with E-state index in [1.165, 1.54) is 51.4 Å². The minimum atomic E-state index is -1.06. The van der Waals surface area contributed by atoms with E-state index in [0.29, 0.717) is 30.3 Å². The molecule has 1 aliphatic heterocycles. The number of fused-ring (bicyclic) bond motifs is 5. The summed E-state index contributed by atoms with van der Waals surface area (Å²) in [5, 5.41) is 7.42. The molecule has 0 aromatic heterocycles. The highest BCUT2D eigenvalue weighted by Gasteiger charge is 2.59. The number of hydrogen-bond donors (Lipinski definition) is 1. The van der Waals surface area contributed by atoms with Crippen molar-refractivity contribution in [3.8, 4) is 11.5 Å². The van der Waals surface area contributed by atoms with Gasteiger partial charge in [-0.15, -0.1) is 0 Å². The summed E-state index contributed by atoms with van der Waals surface area (Å²) in [4.78, 5) is 34.5. The smallest absolute Gasteiger partial charge is 0.226 e. The van der Waals surface area contributed by atoms with Crippen molar-refractivity contribution in [2.24, 2.45) is 51.5 Å². The van der Waals surface area contributed by atoms with Crippen LogP contribution in [0.1, 0.15) is 148 Å². The minimum absolute atomic E-state index is 0.0457. The van der Waals surface area contributed by atoms with E-state index in [1.54, 1.807) is 26.8 Å². The number of carbonyl (C=O) groups excluding carboxylic acids is 2. The first-order valence-corrected chi connectivity index (χ1v) is 27.8. The fraction of sp³-hybridized carbons (Fsp3) is 0.607. The first-order valence-electron chi connectivity index (χ1n) is 27.3. The van der Waals surface area contributed by atoms with Crippen LogP contribution in [0, 0.1) is 46.3 Å². The van der Waals surface area contributed by atoms with Crippen molar-refractivity contribution in [3.05, 3.63) is 107 Å². The molecule has 0 bridgehead atoms. The van der Waals surface area contributed by atoms with Crippen LogP contribution in [-0.2, 0) is 29.5 Å². The third kappa shape index (κ3) is 11.6. The van der Waals surface area contributed by atoms with Crippen LogP contribution in [0.15, 0.2) is 95.7 Å². The van der Waals surface area contributed by atoms with Gasteiger partial charge in [0, 0.05) is 32.9 Å². The normalized spacial score (nSPS) is 27.9. The van der Waals surface area contributed by atoms with E-state index < -0.39 is 5.60 Å². The second-order valence-electron chi connectivity index (χ2n) is 22.8. The van der Waals surface area contributed by atoms with Crippen molar-refractivity contribution in [2.75, 3.05) is 41.0 Å². The number of rotatable bonds is 22. The Kier molecular flexibility index (Phi) is 17.8. The standard InChI is InChI=1S/C61H84N3O7P/c1-41(2)13-12-14-42(3)53-27-28-54-52-26-21-46-37-47(31-34-59(46,4)55(52)32-35-60(53,54)5)63-70-36-33-57(66)64-39-51(71-58(72)30-29-56(65)62-6)38-48(64)40-69-61(43-15-10-9-11-16-43,44-17-22-49(67-7)23-18-44)45-19-24-50(68-8)25-20-45/h9-11,15-25,41-42,48,51-55,72H,12-14,26-40H2,1-8H3,(H,62,65)/t42-,48+,51-,52?,53-,54?,55?,59+,60-/m1/s1. The molecule has 3 aromatic rings. The molecule has 4 aliphatic carbocycles. The average Bonchev–Trinajstić information content (AvgIpc) is 3.97. The Hall–Kier alpha value is -4.50. The monoisotopic (exact) mass is 1000 g/mol. The van der Waals surface area contributed by atoms with Crippen LogP contribution < -0.4 is 14.8 Å². The highest BCUT2D eigenvalue weighted by molar-refractivity contribution is 7.20. The van der Waals surface area contributed by atoms with Crippen molar-refractivity contribution in [3.63, 3.8) is 0 Å². The first kappa shape index (κ1) is 53.8. The summed E-state index contributed by atoms with van der Waals surface area (Å²) < 4.78 is 24.9. The third-order valence-electron chi connectivity index (χ3n) is 18.3. The van der Waals surface area contributed by atoms with Gasteiger partial charge in [-0.2, -0.15) is 0 Å². The molecule has 72 heavy (non-hydrogen) atoms. The van der Waals surface area contributed by atoms with Gasteiger partial charge in [0.15, 0.2) is 0 Å². The van der Waals surface area contributed by atoms with Crippen LogP contribution in [0.5, 0.6) is 11.5 Å². The maximum atomic E-state index is 14.4. The molecule has 8 rings (SSSR count). The Bertz CT molecular complexity index is 2320. The van der Waals surface area contributed by atoms with Gasteiger partial charge in [-0.3, -0.25) is 9.59 Å². The Morgan fingerprint density at radius 1 is 0.847 bits per heavy atom. The highest BCUT2D eigenvalue weighted by atomic mass is 31.0. The van der Waals surface area contributed by atoms with Gasteiger partial charge in [0.2, 0.25) is 11.8 Å². The molecule has 5 aliphatic rings. The van der Waals surface area contributed by atoms with E-state index in [9.17, 15) is 9.59 Å². The Morgan fingerprint density at radius 3 is 2.18 bits per heavy atom. The molecule has 0 radical (unpaired) electrons. The SMILES string of the molecule is CNC(=O)CCC(=P)O[C@@H]1C[C@@H](COC(c2ccccc2)(c2ccc(OC)cc2)c2ccc(OC)cc2)N(C(=O)CCON=C2CC[C@@]3(C)C(=CCC4C3CC[C@@]3(C)C4CC[C@@H]3[C@H](C)CCCC(C)C)C2)C1. The molecule has 10 nitrogen and oxygen atoms in total. The molecule has 1 heterocycles. The molecule has 3 aromatic carbocycles. The van der Waals surface area contributed by atoms with Gasteiger partial charge in [0.25, 0.3) is 0 Å². The lowest BCUT2D eigenvalue weighted by Gasteiger charge is -2.58. The molecule has 1 saturated heterocycles. The number of amides is 2. The molecule has 0 spiro atoms. The second kappa shape index (κ2) is 23.8. The average molecular weight is 1000 g/mol. The van der Waals surface area contributed by atoms with E-state index in [4.69, 9.17) is 28.9 Å². The van der Waals surface area contributed by atoms with Gasteiger partial charge < -0.3 is 34.0 Å². The topological polar surface area (TPSA) is 108 Å². The summed E-state index contributed by atoms with van der Waals surface area (Å²) in [6.07, 6.45) is 17.5. The van der Waals surface area contributed by atoms with E-state index in [1.807, 2.05) is 71.6 Å². The van der Waals surface area contributed by atoms with E-state index >= 15 is 0 Å². The second-order valence-corrected chi connectivity index (χ2v) is 23.4. The summed E-state index contributed by atoms with van der Waals surface area (Å²) in [6.45, 7) is 13.3. The fourth-order valence-electron chi connectivity index (χ4n) is 14.3. The zero-order valence-electron chi connectivity index (χ0n) is 44.7. The van der Waals surface area contributed by atoms with Gasteiger partial charge in [0.1, 0.15) is 23.7 Å². The van der Waals surface area contributed by atoms with Gasteiger partial charge >= 0.3 is 0 Å². The molecule has 3 unspecified atom stereocenters. The number of allylic oxidation sites excluding steroid dienone is 2. The highest BCUT2D eigenvalue weighted by Crippen LogP contribution is 2.67. The predicted octanol–water partition coefficient (Wildman–Crippen LogP) is 12.6. The summed E-state index contributed by atoms with van der Waals surface area (Å²) >= 11 is 0. The molecule has 11 heteroatoms. The number of benzene rings is 3. The zero-order valence-corrected chi connectivity index (χ0v) is 45.7. The molecular formula is C61H84N3O7P. The molecule has 390 valence electrons. The van der Waals surface area contributed by atoms with Gasteiger partial charge in [-0.05, 0) is 139 Å². The van der Waals surface area contributed by atoms with E-state index in [2.05, 4.69) is 67.0 Å². The minimum Gasteiger partial charge on any atom is -0.497 e. The molecule has 9 atom stereocenters. The lowest BCUT2D eigenvalue weighted by Crippen LogP contribution is -2.50. The molecule has 3 saturated carbocycles. The predicted molar refractivity (Wildman–Crippen MR) is 291 cm³/mol. The van der Waals surface area contributed by atoms with Gasteiger partial charge in [0.05, 0.1) is 50.6 Å². The number of methoxy groups -OCH3 is 2. The van der Waals surface area contributed by atoms with Crippen LogP contribution >= 0.6 is 8.86 Å². The third-order valence-corrected chi connectivity index (χ3v) is 18.7. The summed E-state index contributed by atoms with van der Waals surface area (Å²) in [7, 11) is 8.60. The van der Waals surface area contributed by atoms with Crippen molar-refractivity contribution >= 4 is 31.9 Å². The maximum Gasteiger partial charge on any atom is 0.226 e. The summed E-state index contributed by atoms with van der Waals surface area (Å²) in [5.41, 5.74) is 5.64. The number of nitrogens with one attached hydrogen (secondary N) is 1. The van der Waals surface area contributed by atoms with E-state index in [0.717, 1.165) is 88.7 Å².